The quantitative estimate of drug-likeness (QED) is 0.776. The third-order valence-corrected chi connectivity index (χ3v) is 4.70. The summed E-state index contributed by atoms with van der Waals surface area (Å²) < 4.78 is 5.16. The molecule has 1 atom stereocenters. The van der Waals surface area contributed by atoms with E-state index in [1.807, 2.05) is 12.1 Å². The summed E-state index contributed by atoms with van der Waals surface area (Å²) in [7, 11) is 0. The molecule has 2 rings (SSSR count). The van der Waals surface area contributed by atoms with Crippen molar-refractivity contribution < 1.29 is 14.6 Å². The first-order valence-electron chi connectivity index (χ1n) is 8.54. The lowest BCUT2D eigenvalue weighted by Crippen LogP contribution is -2.47. The normalized spacial score (nSPS) is 21.2. The van der Waals surface area contributed by atoms with Crippen molar-refractivity contribution in [2.45, 2.75) is 72.3 Å². The molecule has 0 spiro atoms. The molecule has 1 aromatic rings. The zero-order chi connectivity index (χ0) is 18.5. The minimum Gasteiger partial charge on any atom is -0.507 e. The number of nitrogens with one attached hydrogen (secondary N) is 1. The molecule has 1 amide bonds. The summed E-state index contributed by atoms with van der Waals surface area (Å²) >= 11 is 0. The van der Waals surface area contributed by atoms with E-state index in [0.29, 0.717) is 12.4 Å². The van der Waals surface area contributed by atoms with Gasteiger partial charge in [0.1, 0.15) is 12.4 Å². The Labute approximate surface area is 145 Å². The lowest BCUT2D eigenvalue weighted by molar-refractivity contribution is 0.0386. The van der Waals surface area contributed by atoms with Crippen molar-refractivity contribution in [1.82, 2.24) is 5.32 Å². The number of amides is 1. The molecule has 134 valence electrons. The molecular weight excluding hydrogens is 302 g/mol. The third-order valence-electron chi connectivity index (χ3n) is 4.70. The fraction of sp³-hybridized carbons (Fsp3) is 0.650. The number of phenolic OH excluding ortho intramolecular Hbond substituents is 1. The Morgan fingerprint density at radius 1 is 1.08 bits per heavy atom. The molecule has 1 aliphatic rings. The number of carbonyl (C=O) groups excluding carboxylic acids is 1. The predicted octanol–water partition coefficient (Wildman–Crippen LogP) is 4.79. The van der Waals surface area contributed by atoms with Gasteiger partial charge in [-0.1, -0.05) is 55.4 Å². The highest BCUT2D eigenvalue weighted by atomic mass is 16.6. The van der Waals surface area contributed by atoms with Gasteiger partial charge in [0.05, 0.1) is 6.04 Å². The van der Waals surface area contributed by atoms with Gasteiger partial charge in [0, 0.05) is 5.41 Å². The predicted molar refractivity (Wildman–Crippen MR) is 96.5 cm³/mol. The Hall–Kier alpha value is -1.71. The van der Waals surface area contributed by atoms with Crippen LogP contribution in [0.25, 0.3) is 0 Å². The summed E-state index contributed by atoms with van der Waals surface area (Å²) in [6.07, 6.45) is -0.387. The first-order valence-corrected chi connectivity index (χ1v) is 8.54. The summed E-state index contributed by atoms with van der Waals surface area (Å²) in [5, 5.41) is 13.8. The van der Waals surface area contributed by atoms with Gasteiger partial charge in [-0.15, -0.1) is 0 Å². The van der Waals surface area contributed by atoms with Crippen LogP contribution in [0.5, 0.6) is 5.75 Å². The molecule has 4 heteroatoms. The van der Waals surface area contributed by atoms with Crippen molar-refractivity contribution >= 4 is 6.09 Å². The molecule has 0 saturated carbocycles. The number of cyclic esters (lactones) is 1. The molecule has 24 heavy (non-hydrogen) atoms. The van der Waals surface area contributed by atoms with Crippen molar-refractivity contribution in [3.8, 4) is 5.75 Å². The maximum Gasteiger partial charge on any atom is 0.407 e. The first-order chi connectivity index (χ1) is 10.7. The van der Waals surface area contributed by atoms with Crippen LogP contribution in [0.1, 0.15) is 78.1 Å². The fourth-order valence-electron chi connectivity index (χ4n) is 3.19. The molecule has 1 heterocycles. The minimum absolute atomic E-state index is 0.151. The van der Waals surface area contributed by atoms with Gasteiger partial charge in [-0.2, -0.15) is 0 Å². The molecule has 1 fully saturated rings. The number of hydrogen-bond acceptors (Lipinski definition) is 3. The number of hydrogen-bond donors (Lipinski definition) is 2. The molecule has 1 saturated heterocycles. The van der Waals surface area contributed by atoms with E-state index >= 15 is 0 Å². The molecule has 0 unspecified atom stereocenters. The van der Waals surface area contributed by atoms with E-state index in [-0.39, 0.29) is 28.4 Å². The van der Waals surface area contributed by atoms with Crippen molar-refractivity contribution in [2.75, 3.05) is 6.61 Å². The highest BCUT2D eigenvalue weighted by molar-refractivity contribution is 5.69. The molecule has 0 radical (unpaired) electrons. The van der Waals surface area contributed by atoms with Crippen LogP contribution in [0.15, 0.2) is 12.1 Å². The summed E-state index contributed by atoms with van der Waals surface area (Å²) in [5.74, 6) is 0.356. The Balaban J connectivity index is 2.68. The number of aromatic hydroxyl groups is 1. The Morgan fingerprint density at radius 2 is 1.54 bits per heavy atom. The van der Waals surface area contributed by atoms with Gasteiger partial charge in [0.15, 0.2) is 0 Å². The lowest BCUT2D eigenvalue weighted by atomic mass is 9.74. The van der Waals surface area contributed by atoms with Gasteiger partial charge in [0.2, 0.25) is 0 Å². The van der Waals surface area contributed by atoms with Crippen molar-refractivity contribution in [2.24, 2.45) is 5.41 Å². The number of carbonyl (C=O) groups is 1. The molecule has 4 nitrogen and oxygen atoms in total. The number of ether oxygens (including phenoxy) is 1. The van der Waals surface area contributed by atoms with E-state index in [1.165, 1.54) is 0 Å². The molecule has 2 N–H and O–H groups in total. The Morgan fingerprint density at radius 3 is 1.96 bits per heavy atom. The number of phenols is 1. The van der Waals surface area contributed by atoms with Gasteiger partial charge in [-0.3, -0.25) is 0 Å². The molecule has 0 aliphatic carbocycles. The van der Waals surface area contributed by atoms with E-state index in [4.69, 9.17) is 4.74 Å². The summed E-state index contributed by atoms with van der Waals surface area (Å²) in [6, 6.07) is 3.91. The fourth-order valence-corrected chi connectivity index (χ4v) is 3.19. The number of alkyl carbamates (subject to hydrolysis) is 1. The SMILES string of the molecule is CC(C)(C)c1cc([C@H]2NC(=O)OCC2(C)C)cc(C(C)(C)C)c1O. The van der Waals surface area contributed by atoms with E-state index in [2.05, 4.69) is 60.7 Å². The first kappa shape index (κ1) is 18.6. The lowest BCUT2D eigenvalue weighted by Gasteiger charge is -2.40. The van der Waals surface area contributed by atoms with Crippen molar-refractivity contribution in [3.05, 3.63) is 28.8 Å². The van der Waals surface area contributed by atoms with Crippen molar-refractivity contribution in [3.63, 3.8) is 0 Å². The van der Waals surface area contributed by atoms with Gasteiger partial charge in [0.25, 0.3) is 0 Å². The minimum atomic E-state index is -0.387. The molecular formula is C20H31NO3. The van der Waals surface area contributed by atoms with Gasteiger partial charge >= 0.3 is 6.09 Å². The van der Waals surface area contributed by atoms with Crippen LogP contribution in [0.4, 0.5) is 4.79 Å². The second-order valence-electron chi connectivity index (χ2n) is 9.61. The van der Waals surface area contributed by atoms with Crippen LogP contribution in [-0.4, -0.2) is 17.8 Å². The van der Waals surface area contributed by atoms with Gasteiger partial charge < -0.3 is 15.2 Å². The van der Waals surface area contributed by atoms with Crippen LogP contribution in [-0.2, 0) is 15.6 Å². The highest BCUT2D eigenvalue weighted by Gasteiger charge is 2.39. The zero-order valence-electron chi connectivity index (χ0n) is 16.2. The average Bonchev–Trinajstić information content (AvgIpc) is 2.39. The maximum absolute atomic E-state index is 11.8. The smallest absolute Gasteiger partial charge is 0.407 e. The van der Waals surface area contributed by atoms with Crippen LogP contribution in [0.3, 0.4) is 0 Å². The van der Waals surface area contributed by atoms with Crippen molar-refractivity contribution in [1.29, 1.82) is 0 Å². The van der Waals surface area contributed by atoms with E-state index < -0.39 is 0 Å². The topological polar surface area (TPSA) is 58.6 Å². The second kappa shape index (κ2) is 5.68. The van der Waals surface area contributed by atoms with Crippen LogP contribution < -0.4 is 5.32 Å². The van der Waals surface area contributed by atoms with E-state index in [9.17, 15) is 9.90 Å². The standard InChI is InChI=1S/C20H31NO3/c1-18(2,3)13-9-12(10-14(15(13)22)19(4,5)6)16-20(7,8)11-24-17(23)21-16/h9-10,16,22H,11H2,1-8H3,(H,21,23)/t16-/m1/s1. The summed E-state index contributed by atoms with van der Waals surface area (Å²) in [6.45, 7) is 17.1. The molecule has 1 aromatic carbocycles. The van der Waals surface area contributed by atoms with Gasteiger partial charge in [-0.05, 0) is 39.7 Å². The monoisotopic (exact) mass is 333 g/mol. The van der Waals surface area contributed by atoms with Crippen LogP contribution in [0, 0.1) is 5.41 Å². The Kier molecular flexibility index (Phi) is 4.41. The van der Waals surface area contributed by atoms with Gasteiger partial charge in [-0.25, -0.2) is 4.79 Å². The highest BCUT2D eigenvalue weighted by Crippen LogP contribution is 2.44. The Bertz CT molecular complexity index is 613. The van der Waals surface area contributed by atoms with E-state index in [0.717, 1.165) is 16.7 Å². The second-order valence-corrected chi connectivity index (χ2v) is 9.61. The van der Waals surface area contributed by atoms with Crippen LogP contribution in [0.2, 0.25) is 0 Å². The van der Waals surface area contributed by atoms with Crippen LogP contribution >= 0.6 is 0 Å². The summed E-state index contributed by atoms with van der Waals surface area (Å²) in [4.78, 5) is 11.8. The average molecular weight is 333 g/mol. The largest absolute Gasteiger partial charge is 0.507 e. The van der Waals surface area contributed by atoms with E-state index in [1.54, 1.807) is 0 Å². The summed E-state index contributed by atoms with van der Waals surface area (Å²) in [5.41, 5.74) is 2.21. The molecule has 0 bridgehead atoms. The maximum atomic E-state index is 11.8. The number of rotatable bonds is 1. The third kappa shape index (κ3) is 3.52. The number of benzene rings is 1. The zero-order valence-corrected chi connectivity index (χ0v) is 16.2. The molecule has 0 aromatic heterocycles. The molecule has 1 aliphatic heterocycles.